The van der Waals surface area contributed by atoms with E-state index in [1.165, 1.54) is 31.6 Å². The second kappa shape index (κ2) is 5.69. The molecule has 4 nitrogen and oxygen atoms in total. The third kappa shape index (κ3) is 3.02. The van der Waals surface area contributed by atoms with E-state index >= 15 is 0 Å². The van der Waals surface area contributed by atoms with Crippen molar-refractivity contribution >= 4 is 11.4 Å². The maximum absolute atomic E-state index is 4.02. The predicted molar refractivity (Wildman–Crippen MR) is 77.2 cm³/mol. The normalized spacial score (nSPS) is 14.6. The van der Waals surface area contributed by atoms with E-state index in [2.05, 4.69) is 44.5 Å². The van der Waals surface area contributed by atoms with E-state index in [1.807, 2.05) is 12.4 Å². The molecule has 19 heavy (non-hydrogen) atoms. The van der Waals surface area contributed by atoms with Gasteiger partial charge in [0.1, 0.15) is 6.33 Å². The maximum atomic E-state index is 4.02. The zero-order valence-corrected chi connectivity index (χ0v) is 10.9. The van der Waals surface area contributed by atoms with Gasteiger partial charge < -0.3 is 10.2 Å². The standard InChI is InChI=1S/C15H18N4/c1-2-7-19(6-1)15-5-3-4-14(8-15)18-11-13-9-16-12-17-10-13/h3-5,8-10,12,18H,1-2,6-7,11H2. The third-order valence-electron chi connectivity index (χ3n) is 3.43. The quantitative estimate of drug-likeness (QED) is 0.910. The van der Waals surface area contributed by atoms with Crippen LogP contribution in [-0.4, -0.2) is 23.1 Å². The number of hydrogen-bond donors (Lipinski definition) is 1. The summed E-state index contributed by atoms with van der Waals surface area (Å²) >= 11 is 0. The van der Waals surface area contributed by atoms with Gasteiger partial charge in [-0.05, 0) is 31.0 Å². The van der Waals surface area contributed by atoms with Crippen LogP contribution in [0.3, 0.4) is 0 Å². The average Bonchev–Trinajstić information content (AvgIpc) is 3.01. The molecule has 2 aromatic rings. The Morgan fingerprint density at radius 2 is 1.89 bits per heavy atom. The first kappa shape index (κ1) is 12.0. The first-order chi connectivity index (χ1) is 9.42. The van der Waals surface area contributed by atoms with E-state index in [-0.39, 0.29) is 0 Å². The van der Waals surface area contributed by atoms with Crippen molar-refractivity contribution in [2.24, 2.45) is 0 Å². The molecule has 4 heteroatoms. The molecule has 1 aromatic heterocycles. The summed E-state index contributed by atoms with van der Waals surface area (Å²) in [6.07, 6.45) is 7.84. The molecular formula is C15H18N4. The highest BCUT2D eigenvalue weighted by molar-refractivity contribution is 5.58. The molecule has 1 fully saturated rings. The smallest absolute Gasteiger partial charge is 0.115 e. The van der Waals surface area contributed by atoms with Crippen molar-refractivity contribution in [1.29, 1.82) is 0 Å². The van der Waals surface area contributed by atoms with Crippen molar-refractivity contribution < 1.29 is 0 Å². The molecule has 0 unspecified atom stereocenters. The molecule has 0 atom stereocenters. The van der Waals surface area contributed by atoms with Crippen LogP contribution >= 0.6 is 0 Å². The van der Waals surface area contributed by atoms with Crippen LogP contribution in [0.1, 0.15) is 18.4 Å². The van der Waals surface area contributed by atoms with Gasteiger partial charge in [0, 0.05) is 49.0 Å². The van der Waals surface area contributed by atoms with Crippen molar-refractivity contribution in [1.82, 2.24) is 9.97 Å². The highest BCUT2D eigenvalue weighted by Crippen LogP contribution is 2.23. The maximum Gasteiger partial charge on any atom is 0.115 e. The number of hydrogen-bond acceptors (Lipinski definition) is 4. The fraction of sp³-hybridized carbons (Fsp3) is 0.333. The van der Waals surface area contributed by atoms with Gasteiger partial charge in [0.2, 0.25) is 0 Å². The Balaban J connectivity index is 1.66. The summed E-state index contributed by atoms with van der Waals surface area (Å²) in [6.45, 7) is 3.11. The van der Waals surface area contributed by atoms with Gasteiger partial charge in [0.15, 0.2) is 0 Å². The third-order valence-corrected chi connectivity index (χ3v) is 3.43. The Bertz CT molecular complexity index is 521. The van der Waals surface area contributed by atoms with Crippen LogP contribution in [0.5, 0.6) is 0 Å². The van der Waals surface area contributed by atoms with Crippen LogP contribution < -0.4 is 10.2 Å². The lowest BCUT2D eigenvalue weighted by Gasteiger charge is -2.18. The average molecular weight is 254 g/mol. The van der Waals surface area contributed by atoms with Crippen molar-refractivity contribution in [2.75, 3.05) is 23.3 Å². The van der Waals surface area contributed by atoms with Gasteiger partial charge in [-0.3, -0.25) is 0 Å². The minimum atomic E-state index is 0.754. The first-order valence-corrected chi connectivity index (χ1v) is 6.74. The second-order valence-electron chi connectivity index (χ2n) is 4.84. The Morgan fingerprint density at radius 1 is 1.11 bits per heavy atom. The van der Waals surface area contributed by atoms with Crippen LogP contribution in [0.15, 0.2) is 43.0 Å². The highest BCUT2D eigenvalue weighted by Gasteiger charge is 2.12. The SMILES string of the molecule is c1cc(NCc2cncnc2)cc(N2CCCC2)c1. The first-order valence-electron chi connectivity index (χ1n) is 6.74. The molecule has 1 N–H and O–H groups in total. The van der Waals surface area contributed by atoms with Crippen molar-refractivity contribution in [3.8, 4) is 0 Å². The lowest BCUT2D eigenvalue weighted by molar-refractivity contribution is 0.949. The summed E-state index contributed by atoms with van der Waals surface area (Å²) in [5.41, 5.74) is 3.55. The lowest BCUT2D eigenvalue weighted by atomic mass is 10.2. The Hall–Kier alpha value is -2.10. The van der Waals surface area contributed by atoms with Gasteiger partial charge in [-0.1, -0.05) is 6.07 Å². The molecule has 0 amide bonds. The molecular weight excluding hydrogens is 236 g/mol. The van der Waals surface area contributed by atoms with Crippen LogP contribution in [0.25, 0.3) is 0 Å². The van der Waals surface area contributed by atoms with Gasteiger partial charge in [-0.15, -0.1) is 0 Å². The van der Waals surface area contributed by atoms with E-state index in [4.69, 9.17) is 0 Å². The monoisotopic (exact) mass is 254 g/mol. The zero-order valence-electron chi connectivity index (χ0n) is 10.9. The summed E-state index contributed by atoms with van der Waals surface area (Å²) in [5, 5.41) is 3.42. The topological polar surface area (TPSA) is 41.1 Å². The molecule has 0 bridgehead atoms. The van der Waals surface area contributed by atoms with E-state index in [0.717, 1.165) is 17.8 Å². The number of rotatable bonds is 4. The molecule has 0 aliphatic carbocycles. The molecule has 1 aromatic carbocycles. The van der Waals surface area contributed by atoms with Crippen molar-refractivity contribution in [3.63, 3.8) is 0 Å². The van der Waals surface area contributed by atoms with E-state index in [1.54, 1.807) is 6.33 Å². The molecule has 1 saturated heterocycles. The fourth-order valence-electron chi connectivity index (χ4n) is 2.41. The summed E-state index contributed by atoms with van der Waals surface area (Å²) in [6, 6.07) is 8.61. The number of benzene rings is 1. The zero-order chi connectivity index (χ0) is 12.9. The Kier molecular flexibility index (Phi) is 3.58. The van der Waals surface area contributed by atoms with Crippen molar-refractivity contribution in [2.45, 2.75) is 19.4 Å². The largest absolute Gasteiger partial charge is 0.381 e. The molecule has 0 radical (unpaired) electrons. The predicted octanol–water partition coefficient (Wildman–Crippen LogP) is 2.69. The molecule has 2 heterocycles. The van der Waals surface area contributed by atoms with E-state index in [0.29, 0.717) is 0 Å². The van der Waals surface area contributed by atoms with Gasteiger partial charge >= 0.3 is 0 Å². The minimum Gasteiger partial charge on any atom is -0.381 e. The Morgan fingerprint density at radius 3 is 2.68 bits per heavy atom. The number of nitrogens with zero attached hydrogens (tertiary/aromatic N) is 3. The molecule has 0 saturated carbocycles. The lowest BCUT2D eigenvalue weighted by Crippen LogP contribution is -2.17. The number of nitrogens with one attached hydrogen (secondary N) is 1. The summed E-state index contributed by atoms with van der Waals surface area (Å²) in [7, 11) is 0. The fourth-order valence-corrected chi connectivity index (χ4v) is 2.41. The number of anilines is 2. The summed E-state index contributed by atoms with van der Waals surface area (Å²) in [5.74, 6) is 0. The van der Waals surface area contributed by atoms with Gasteiger partial charge in [0.05, 0.1) is 0 Å². The van der Waals surface area contributed by atoms with Crippen LogP contribution in [0.2, 0.25) is 0 Å². The summed E-state index contributed by atoms with van der Waals surface area (Å²) < 4.78 is 0. The minimum absolute atomic E-state index is 0.754. The van der Waals surface area contributed by atoms with Crippen LogP contribution in [0.4, 0.5) is 11.4 Å². The second-order valence-corrected chi connectivity index (χ2v) is 4.84. The van der Waals surface area contributed by atoms with Crippen LogP contribution in [-0.2, 0) is 6.54 Å². The van der Waals surface area contributed by atoms with Gasteiger partial charge in [-0.2, -0.15) is 0 Å². The van der Waals surface area contributed by atoms with Crippen molar-refractivity contribution in [3.05, 3.63) is 48.5 Å². The van der Waals surface area contributed by atoms with E-state index < -0.39 is 0 Å². The molecule has 1 aliphatic rings. The summed E-state index contributed by atoms with van der Waals surface area (Å²) in [4.78, 5) is 10.5. The number of aromatic nitrogens is 2. The van der Waals surface area contributed by atoms with Gasteiger partial charge in [0.25, 0.3) is 0 Å². The molecule has 3 rings (SSSR count). The highest BCUT2D eigenvalue weighted by atomic mass is 15.1. The molecule has 0 spiro atoms. The molecule has 1 aliphatic heterocycles. The van der Waals surface area contributed by atoms with E-state index in [9.17, 15) is 0 Å². The van der Waals surface area contributed by atoms with Gasteiger partial charge in [-0.25, -0.2) is 9.97 Å². The Labute approximate surface area is 113 Å². The van der Waals surface area contributed by atoms with Crippen LogP contribution in [0, 0.1) is 0 Å². The molecule has 98 valence electrons.